The van der Waals surface area contributed by atoms with Crippen molar-refractivity contribution in [2.75, 3.05) is 5.32 Å². The lowest BCUT2D eigenvalue weighted by Crippen LogP contribution is -2.39. The van der Waals surface area contributed by atoms with E-state index in [4.69, 9.17) is 23.8 Å². The molecule has 1 aliphatic rings. The molecule has 2 N–H and O–H groups in total. The molecule has 4 heteroatoms. The summed E-state index contributed by atoms with van der Waals surface area (Å²) >= 11 is 11.3. The fourth-order valence-corrected chi connectivity index (χ4v) is 3.11. The fourth-order valence-electron chi connectivity index (χ4n) is 2.63. The third kappa shape index (κ3) is 4.66. The minimum absolute atomic E-state index is 0.516. The molecule has 0 saturated heterocycles. The van der Waals surface area contributed by atoms with Crippen LogP contribution >= 0.6 is 23.8 Å². The first-order valence-electron chi connectivity index (χ1n) is 7.00. The molecule has 1 aromatic carbocycles. The van der Waals surface area contributed by atoms with Crippen LogP contribution in [0.2, 0.25) is 5.02 Å². The van der Waals surface area contributed by atoms with Gasteiger partial charge in [-0.2, -0.15) is 0 Å². The summed E-state index contributed by atoms with van der Waals surface area (Å²) in [4.78, 5) is 0. The molecule has 19 heavy (non-hydrogen) atoms. The Morgan fingerprint density at radius 2 is 2.05 bits per heavy atom. The second kappa shape index (κ2) is 7.11. The maximum Gasteiger partial charge on any atom is 0.170 e. The van der Waals surface area contributed by atoms with E-state index in [1.165, 1.54) is 32.1 Å². The van der Waals surface area contributed by atoms with E-state index in [0.717, 1.165) is 16.6 Å². The predicted molar refractivity (Wildman–Crippen MR) is 86.8 cm³/mol. The highest BCUT2D eigenvalue weighted by atomic mass is 35.5. The molecule has 0 amide bonds. The summed E-state index contributed by atoms with van der Waals surface area (Å²) < 4.78 is 0. The zero-order chi connectivity index (χ0) is 13.7. The molecule has 1 aromatic rings. The monoisotopic (exact) mass is 296 g/mol. The van der Waals surface area contributed by atoms with E-state index in [1.807, 2.05) is 24.3 Å². The van der Waals surface area contributed by atoms with E-state index >= 15 is 0 Å². The quantitative estimate of drug-likeness (QED) is 0.798. The number of halogens is 1. The minimum Gasteiger partial charge on any atom is -0.360 e. The van der Waals surface area contributed by atoms with Crippen LogP contribution in [0.3, 0.4) is 0 Å². The number of hydrogen-bond donors (Lipinski definition) is 2. The lowest BCUT2D eigenvalue weighted by atomic mass is 9.85. The second-order valence-electron chi connectivity index (χ2n) is 5.23. The van der Waals surface area contributed by atoms with Gasteiger partial charge in [0.2, 0.25) is 0 Å². The van der Waals surface area contributed by atoms with Gasteiger partial charge in [0.05, 0.1) is 0 Å². The summed E-state index contributed by atoms with van der Waals surface area (Å²) in [7, 11) is 0. The summed E-state index contributed by atoms with van der Waals surface area (Å²) in [5.41, 5.74) is 0.937. The zero-order valence-corrected chi connectivity index (χ0v) is 12.9. The number of thiocarbonyl (C=S) groups is 1. The topological polar surface area (TPSA) is 24.1 Å². The van der Waals surface area contributed by atoms with Crippen molar-refractivity contribution in [2.45, 2.75) is 45.1 Å². The molecular weight excluding hydrogens is 276 g/mol. The first kappa shape index (κ1) is 14.6. The molecule has 0 aromatic heterocycles. The van der Waals surface area contributed by atoms with Crippen molar-refractivity contribution in [3.8, 4) is 0 Å². The maximum absolute atomic E-state index is 5.95. The van der Waals surface area contributed by atoms with Gasteiger partial charge in [0, 0.05) is 16.8 Å². The first-order chi connectivity index (χ1) is 9.17. The van der Waals surface area contributed by atoms with Crippen LogP contribution in [-0.4, -0.2) is 11.2 Å². The Hall–Kier alpha value is -0.800. The molecule has 1 saturated carbocycles. The van der Waals surface area contributed by atoms with Crippen molar-refractivity contribution < 1.29 is 0 Å². The Bertz CT molecular complexity index is 428. The van der Waals surface area contributed by atoms with Gasteiger partial charge in [0.25, 0.3) is 0 Å². The molecule has 104 valence electrons. The summed E-state index contributed by atoms with van der Waals surface area (Å²) in [5, 5.41) is 8.02. The highest BCUT2D eigenvalue weighted by Gasteiger charge is 2.20. The van der Waals surface area contributed by atoms with E-state index in [-0.39, 0.29) is 0 Å². The second-order valence-corrected chi connectivity index (χ2v) is 6.08. The van der Waals surface area contributed by atoms with Crippen LogP contribution in [0.5, 0.6) is 0 Å². The summed E-state index contributed by atoms with van der Waals surface area (Å²) in [5.74, 6) is 0.910. The zero-order valence-electron chi connectivity index (χ0n) is 11.3. The molecule has 0 heterocycles. The minimum atomic E-state index is 0.516. The van der Waals surface area contributed by atoms with Crippen LogP contribution < -0.4 is 10.6 Å². The van der Waals surface area contributed by atoms with Crippen molar-refractivity contribution in [1.29, 1.82) is 0 Å². The molecule has 0 spiro atoms. The van der Waals surface area contributed by atoms with E-state index in [1.54, 1.807) is 0 Å². The van der Waals surface area contributed by atoms with Crippen molar-refractivity contribution >= 4 is 34.6 Å². The molecule has 0 bridgehead atoms. The van der Waals surface area contributed by atoms with E-state index in [2.05, 4.69) is 17.6 Å². The average Bonchev–Trinajstić information content (AvgIpc) is 2.39. The van der Waals surface area contributed by atoms with E-state index < -0.39 is 0 Å². The number of benzene rings is 1. The van der Waals surface area contributed by atoms with Crippen LogP contribution in [0, 0.1) is 5.92 Å². The molecule has 0 unspecified atom stereocenters. The van der Waals surface area contributed by atoms with Gasteiger partial charge in [0.15, 0.2) is 5.11 Å². The standard InChI is InChI=1S/C15H21ClN2S/c1-2-11-6-8-13(9-7-11)17-15(19)18-14-5-3-4-12(16)10-14/h3-5,10-11,13H,2,6-9H2,1H3,(H2,17,18,19). The molecule has 1 aliphatic carbocycles. The average molecular weight is 297 g/mol. The molecule has 0 radical (unpaired) electrons. The number of rotatable bonds is 3. The van der Waals surface area contributed by atoms with Crippen LogP contribution in [0.1, 0.15) is 39.0 Å². The highest BCUT2D eigenvalue weighted by Crippen LogP contribution is 2.26. The van der Waals surface area contributed by atoms with Gasteiger partial charge >= 0.3 is 0 Å². The van der Waals surface area contributed by atoms with Gasteiger partial charge in [-0.05, 0) is 62.0 Å². The Morgan fingerprint density at radius 1 is 1.32 bits per heavy atom. The van der Waals surface area contributed by atoms with Crippen LogP contribution in [-0.2, 0) is 0 Å². The molecular formula is C15H21ClN2S. The molecule has 2 rings (SSSR count). The van der Waals surface area contributed by atoms with Gasteiger partial charge in [0.1, 0.15) is 0 Å². The lowest BCUT2D eigenvalue weighted by molar-refractivity contribution is 0.306. The third-order valence-corrected chi connectivity index (χ3v) is 4.30. The van der Waals surface area contributed by atoms with Crippen molar-refractivity contribution in [3.05, 3.63) is 29.3 Å². The summed E-state index contributed by atoms with van der Waals surface area (Å²) in [6.45, 7) is 2.28. The number of hydrogen-bond acceptors (Lipinski definition) is 1. The summed E-state index contributed by atoms with van der Waals surface area (Å²) in [6, 6.07) is 8.13. The summed E-state index contributed by atoms with van der Waals surface area (Å²) in [6.07, 6.45) is 6.37. The fraction of sp³-hybridized carbons (Fsp3) is 0.533. The maximum atomic E-state index is 5.95. The Balaban J connectivity index is 1.79. The van der Waals surface area contributed by atoms with Crippen LogP contribution in [0.25, 0.3) is 0 Å². The molecule has 0 aliphatic heterocycles. The normalized spacial score (nSPS) is 22.8. The van der Waals surface area contributed by atoms with Gasteiger partial charge in [-0.3, -0.25) is 0 Å². The Labute approximate surface area is 125 Å². The third-order valence-electron chi connectivity index (χ3n) is 3.84. The molecule has 0 atom stereocenters. The first-order valence-corrected chi connectivity index (χ1v) is 7.79. The van der Waals surface area contributed by atoms with Crippen LogP contribution in [0.15, 0.2) is 24.3 Å². The SMILES string of the molecule is CCC1CCC(NC(=S)Nc2cccc(Cl)c2)CC1. The van der Waals surface area contributed by atoms with Gasteiger partial charge in [-0.1, -0.05) is 31.0 Å². The largest absolute Gasteiger partial charge is 0.360 e. The van der Waals surface area contributed by atoms with Gasteiger partial charge in [-0.25, -0.2) is 0 Å². The van der Waals surface area contributed by atoms with Crippen molar-refractivity contribution in [3.63, 3.8) is 0 Å². The van der Waals surface area contributed by atoms with Crippen molar-refractivity contribution in [2.24, 2.45) is 5.92 Å². The smallest absolute Gasteiger partial charge is 0.170 e. The predicted octanol–water partition coefficient (Wildman–Crippen LogP) is 4.60. The van der Waals surface area contributed by atoms with Gasteiger partial charge < -0.3 is 10.6 Å². The van der Waals surface area contributed by atoms with Gasteiger partial charge in [-0.15, -0.1) is 0 Å². The molecule has 1 fully saturated rings. The Kier molecular flexibility index (Phi) is 5.46. The van der Waals surface area contributed by atoms with Crippen molar-refractivity contribution in [1.82, 2.24) is 5.32 Å². The van der Waals surface area contributed by atoms with Crippen LogP contribution in [0.4, 0.5) is 5.69 Å². The number of anilines is 1. The lowest BCUT2D eigenvalue weighted by Gasteiger charge is -2.29. The van der Waals surface area contributed by atoms with E-state index in [0.29, 0.717) is 11.2 Å². The molecule has 2 nitrogen and oxygen atoms in total. The van der Waals surface area contributed by atoms with E-state index in [9.17, 15) is 0 Å². The Morgan fingerprint density at radius 3 is 2.68 bits per heavy atom. The number of nitrogens with one attached hydrogen (secondary N) is 2. The highest BCUT2D eigenvalue weighted by molar-refractivity contribution is 7.80.